The maximum atomic E-state index is 12.9. The van der Waals surface area contributed by atoms with Gasteiger partial charge in [0.1, 0.15) is 0 Å². The summed E-state index contributed by atoms with van der Waals surface area (Å²) in [5, 5.41) is 2.05. The average molecular weight is 395 g/mol. The quantitative estimate of drug-likeness (QED) is 0.705. The van der Waals surface area contributed by atoms with E-state index in [1.807, 2.05) is 43.0 Å². The maximum absolute atomic E-state index is 12.9. The Balaban J connectivity index is 1.77. The van der Waals surface area contributed by atoms with Crippen molar-refractivity contribution in [2.75, 3.05) is 25.1 Å². The van der Waals surface area contributed by atoms with E-state index < -0.39 is 9.84 Å². The first-order valence-corrected chi connectivity index (χ1v) is 11.6. The van der Waals surface area contributed by atoms with Gasteiger partial charge in [-0.3, -0.25) is 9.69 Å². The molecule has 2 unspecified atom stereocenters. The normalized spacial score (nSPS) is 20.6. The van der Waals surface area contributed by atoms with Gasteiger partial charge in [-0.25, -0.2) is 8.42 Å². The SMILES string of the molecule is Cc1cc(C(=O)CN(C)C(C)c2cccs2)c(C)n1C1CCS(=O)(=O)C1. The molecule has 0 aromatic carbocycles. The molecule has 0 saturated carbocycles. The number of hydrogen-bond donors (Lipinski definition) is 0. The predicted octanol–water partition coefficient (Wildman–Crippen LogP) is 3.40. The fourth-order valence-corrected chi connectivity index (χ4v) is 6.34. The summed E-state index contributed by atoms with van der Waals surface area (Å²) in [5.41, 5.74) is 2.55. The number of thiophene rings is 1. The Labute approximate surface area is 159 Å². The van der Waals surface area contributed by atoms with Crippen LogP contribution in [0, 0.1) is 13.8 Å². The van der Waals surface area contributed by atoms with Gasteiger partial charge in [-0.2, -0.15) is 0 Å². The Bertz CT molecular complexity index is 898. The van der Waals surface area contributed by atoms with E-state index in [4.69, 9.17) is 0 Å². The van der Waals surface area contributed by atoms with Crippen molar-refractivity contribution in [1.82, 2.24) is 9.47 Å². The van der Waals surface area contributed by atoms with Gasteiger partial charge in [0, 0.05) is 33.9 Å². The van der Waals surface area contributed by atoms with E-state index in [-0.39, 0.29) is 29.4 Å². The molecule has 142 valence electrons. The minimum Gasteiger partial charge on any atom is -0.344 e. The van der Waals surface area contributed by atoms with Crippen molar-refractivity contribution in [3.8, 4) is 0 Å². The van der Waals surface area contributed by atoms with Gasteiger partial charge in [0.05, 0.1) is 18.1 Å². The van der Waals surface area contributed by atoms with Crippen LogP contribution in [0.3, 0.4) is 0 Å². The highest BCUT2D eigenvalue weighted by molar-refractivity contribution is 7.91. The van der Waals surface area contributed by atoms with E-state index in [1.165, 1.54) is 4.88 Å². The summed E-state index contributed by atoms with van der Waals surface area (Å²) in [6, 6.07) is 6.15. The number of aromatic nitrogens is 1. The second-order valence-electron chi connectivity index (χ2n) is 7.24. The summed E-state index contributed by atoms with van der Waals surface area (Å²) in [6.07, 6.45) is 0.627. The molecular formula is C19H26N2O3S2. The molecule has 2 aromatic heterocycles. The summed E-state index contributed by atoms with van der Waals surface area (Å²) < 4.78 is 25.7. The summed E-state index contributed by atoms with van der Waals surface area (Å²) in [7, 11) is -0.993. The lowest BCUT2D eigenvalue weighted by Crippen LogP contribution is -2.28. The van der Waals surface area contributed by atoms with Crippen LogP contribution >= 0.6 is 11.3 Å². The molecule has 0 N–H and O–H groups in total. The lowest BCUT2D eigenvalue weighted by atomic mass is 10.1. The van der Waals surface area contributed by atoms with E-state index in [2.05, 4.69) is 17.9 Å². The first-order valence-electron chi connectivity index (χ1n) is 8.85. The number of ketones is 1. The van der Waals surface area contributed by atoms with Crippen LogP contribution in [0.4, 0.5) is 0 Å². The standard InChI is InChI=1S/C19H26N2O3S2/c1-13-10-17(14(2)21(13)16-7-9-26(23,24)12-16)18(22)11-20(4)15(3)19-6-5-8-25-19/h5-6,8,10,15-16H,7,9,11-12H2,1-4H3. The van der Waals surface area contributed by atoms with Crippen molar-refractivity contribution >= 4 is 27.0 Å². The number of rotatable bonds is 6. The van der Waals surface area contributed by atoms with E-state index in [9.17, 15) is 13.2 Å². The van der Waals surface area contributed by atoms with Crippen LogP contribution in [0.25, 0.3) is 0 Å². The van der Waals surface area contributed by atoms with Crippen LogP contribution in [0.1, 0.15) is 52.1 Å². The zero-order valence-electron chi connectivity index (χ0n) is 15.7. The molecule has 7 heteroatoms. The Morgan fingerprint density at radius 3 is 2.73 bits per heavy atom. The molecule has 1 saturated heterocycles. The van der Waals surface area contributed by atoms with Crippen molar-refractivity contribution in [2.45, 2.75) is 39.3 Å². The topological polar surface area (TPSA) is 59.4 Å². The molecule has 0 radical (unpaired) electrons. The van der Waals surface area contributed by atoms with Crippen LogP contribution in [-0.2, 0) is 9.84 Å². The largest absolute Gasteiger partial charge is 0.344 e. The molecule has 1 aliphatic rings. The van der Waals surface area contributed by atoms with Gasteiger partial charge in [-0.15, -0.1) is 11.3 Å². The Hall–Kier alpha value is -1.44. The maximum Gasteiger partial charge on any atom is 0.178 e. The molecular weight excluding hydrogens is 368 g/mol. The highest BCUT2D eigenvalue weighted by Gasteiger charge is 2.31. The molecule has 5 nitrogen and oxygen atoms in total. The van der Waals surface area contributed by atoms with Crippen LogP contribution in [0.5, 0.6) is 0 Å². The Morgan fingerprint density at radius 2 is 2.15 bits per heavy atom. The van der Waals surface area contributed by atoms with E-state index in [1.54, 1.807) is 11.3 Å². The van der Waals surface area contributed by atoms with Crippen molar-refractivity contribution in [3.05, 3.63) is 45.4 Å². The zero-order valence-corrected chi connectivity index (χ0v) is 17.4. The highest BCUT2D eigenvalue weighted by atomic mass is 32.2. The van der Waals surface area contributed by atoms with Gasteiger partial charge in [0.2, 0.25) is 0 Å². The van der Waals surface area contributed by atoms with Crippen LogP contribution in [0.2, 0.25) is 0 Å². The van der Waals surface area contributed by atoms with E-state index in [0.29, 0.717) is 18.5 Å². The summed E-state index contributed by atoms with van der Waals surface area (Å²) in [6.45, 7) is 6.32. The number of Topliss-reactive ketones (excluding diaryl/α,β-unsaturated/α-hetero) is 1. The number of sulfone groups is 1. The number of carbonyl (C=O) groups excluding carboxylic acids is 1. The predicted molar refractivity (Wildman–Crippen MR) is 106 cm³/mol. The van der Waals surface area contributed by atoms with E-state index in [0.717, 1.165) is 11.4 Å². The number of carbonyl (C=O) groups is 1. The molecule has 1 aliphatic heterocycles. The van der Waals surface area contributed by atoms with Crippen molar-refractivity contribution in [2.24, 2.45) is 0 Å². The third-order valence-corrected chi connectivity index (χ3v) is 8.16. The van der Waals surface area contributed by atoms with Gasteiger partial charge in [-0.1, -0.05) is 6.07 Å². The minimum atomic E-state index is -2.96. The van der Waals surface area contributed by atoms with Gasteiger partial charge < -0.3 is 4.57 Å². The van der Waals surface area contributed by atoms with Crippen molar-refractivity contribution < 1.29 is 13.2 Å². The first kappa shape index (κ1) is 19.3. The molecule has 2 aromatic rings. The van der Waals surface area contributed by atoms with Crippen molar-refractivity contribution in [3.63, 3.8) is 0 Å². The first-order chi connectivity index (χ1) is 12.2. The molecule has 0 bridgehead atoms. The Kier molecular flexibility index (Phi) is 5.42. The van der Waals surface area contributed by atoms with Crippen LogP contribution in [0.15, 0.2) is 23.6 Å². The smallest absolute Gasteiger partial charge is 0.178 e. The second-order valence-corrected chi connectivity index (χ2v) is 10.4. The molecule has 2 atom stereocenters. The van der Waals surface area contributed by atoms with Crippen molar-refractivity contribution in [1.29, 1.82) is 0 Å². The third-order valence-electron chi connectivity index (χ3n) is 5.37. The molecule has 0 amide bonds. The van der Waals surface area contributed by atoms with Crippen LogP contribution < -0.4 is 0 Å². The number of hydrogen-bond acceptors (Lipinski definition) is 5. The third kappa shape index (κ3) is 3.80. The second kappa shape index (κ2) is 7.29. The zero-order chi connectivity index (χ0) is 19.1. The molecule has 1 fully saturated rings. The monoisotopic (exact) mass is 394 g/mol. The minimum absolute atomic E-state index is 0.0516. The summed E-state index contributed by atoms with van der Waals surface area (Å²) in [4.78, 5) is 16.2. The molecule has 0 aliphatic carbocycles. The molecule has 3 heterocycles. The summed E-state index contributed by atoms with van der Waals surface area (Å²) in [5.74, 6) is 0.488. The average Bonchev–Trinajstić information content (AvgIpc) is 3.26. The molecule has 26 heavy (non-hydrogen) atoms. The number of nitrogens with zero attached hydrogens (tertiary/aromatic N) is 2. The summed E-state index contributed by atoms with van der Waals surface area (Å²) >= 11 is 1.69. The number of aryl methyl sites for hydroxylation is 1. The van der Waals surface area contributed by atoms with Crippen LogP contribution in [-0.4, -0.2) is 48.8 Å². The lowest BCUT2D eigenvalue weighted by Gasteiger charge is -2.23. The molecule has 3 rings (SSSR count). The van der Waals surface area contributed by atoms with E-state index >= 15 is 0 Å². The fraction of sp³-hybridized carbons (Fsp3) is 0.526. The van der Waals surface area contributed by atoms with Gasteiger partial charge >= 0.3 is 0 Å². The van der Waals surface area contributed by atoms with Gasteiger partial charge in [-0.05, 0) is 51.8 Å². The Morgan fingerprint density at radius 1 is 1.42 bits per heavy atom. The highest BCUT2D eigenvalue weighted by Crippen LogP contribution is 2.30. The lowest BCUT2D eigenvalue weighted by molar-refractivity contribution is 0.0925. The van der Waals surface area contributed by atoms with Gasteiger partial charge in [0.25, 0.3) is 0 Å². The fourth-order valence-electron chi connectivity index (χ4n) is 3.80. The molecule has 0 spiro atoms. The number of likely N-dealkylation sites (N-methyl/N-ethyl adjacent to an activating group) is 1. The van der Waals surface area contributed by atoms with Gasteiger partial charge in [0.15, 0.2) is 15.6 Å².